The summed E-state index contributed by atoms with van der Waals surface area (Å²) in [4.78, 5) is 4.52. The van der Waals surface area contributed by atoms with E-state index < -0.39 is 0 Å². The molecule has 4 heteroatoms. The summed E-state index contributed by atoms with van der Waals surface area (Å²) in [5.41, 5.74) is 8.04. The Morgan fingerprint density at radius 2 is 1.88 bits per heavy atom. The quantitative estimate of drug-likeness (QED) is 0.457. The topological polar surface area (TPSA) is 21.7 Å². The van der Waals surface area contributed by atoms with E-state index in [1.807, 2.05) is 5.51 Å². The van der Waals surface area contributed by atoms with Crippen molar-refractivity contribution >= 4 is 32.6 Å². The van der Waals surface area contributed by atoms with E-state index in [4.69, 9.17) is 0 Å². The van der Waals surface area contributed by atoms with Crippen molar-refractivity contribution in [1.82, 2.24) is 9.55 Å². The molecule has 0 aliphatic heterocycles. The summed E-state index contributed by atoms with van der Waals surface area (Å²) >= 11 is 1.70. The molecule has 0 fully saturated rings. The van der Waals surface area contributed by atoms with Gasteiger partial charge < -0.3 is 0 Å². The van der Waals surface area contributed by atoms with Crippen LogP contribution in [0, 0.1) is 6.92 Å². The Labute approximate surface area is 146 Å². The van der Waals surface area contributed by atoms with Gasteiger partial charge in [-0.15, -0.1) is 11.3 Å². The predicted octanol–water partition coefficient (Wildman–Crippen LogP) is 4.81. The monoisotopic (exact) mass is 336 g/mol. The van der Waals surface area contributed by atoms with Gasteiger partial charge in [0.1, 0.15) is 5.54 Å². The third-order valence-corrected chi connectivity index (χ3v) is 5.39. The molecular formula is C20H22N3S+. The molecular weight excluding hydrogens is 314 g/mol. The number of hydrogen-bond donors (Lipinski definition) is 0. The molecule has 122 valence electrons. The highest BCUT2D eigenvalue weighted by Crippen LogP contribution is 2.33. The minimum Gasteiger partial charge on any atom is -0.245 e. The lowest BCUT2D eigenvalue weighted by Crippen LogP contribution is -2.33. The number of fused-ring (bicyclic) bond motifs is 2. The first-order valence-corrected chi connectivity index (χ1v) is 9.10. The highest BCUT2D eigenvalue weighted by atomic mass is 32.1. The predicted molar refractivity (Wildman–Crippen MR) is 101 cm³/mol. The Morgan fingerprint density at radius 3 is 2.62 bits per heavy atom. The Kier molecular flexibility index (Phi) is 3.29. The number of aromatic nitrogens is 3. The number of thiazole rings is 1. The van der Waals surface area contributed by atoms with E-state index in [1.54, 1.807) is 11.3 Å². The Bertz CT molecular complexity index is 1060. The molecule has 4 aromatic rings. The summed E-state index contributed by atoms with van der Waals surface area (Å²) in [7, 11) is 2.16. The zero-order chi connectivity index (χ0) is 17.1. The zero-order valence-corrected chi connectivity index (χ0v) is 15.6. The maximum absolute atomic E-state index is 4.52. The van der Waals surface area contributed by atoms with Gasteiger partial charge in [-0.05, 0) is 57.5 Å². The number of rotatable bonds is 1. The van der Waals surface area contributed by atoms with Crippen molar-refractivity contribution in [2.75, 3.05) is 0 Å². The molecule has 0 unspecified atom stereocenters. The molecule has 4 rings (SSSR count). The molecule has 3 nitrogen and oxygen atoms in total. The third kappa shape index (κ3) is 2.17. The fraction of sp³-hybridized carbons (Fsp3) is 0.300. The van der Waals surface area contributed by atoms with E-state index in [-0.39, 0.29) is 5.54 Å². The van der Waals surface area contributed by atoms with Crippen LogP contribution in [0.25, 0.3) is 32.6 Å². The van der Waals surface area contributed by atoms with Crippen LogP contribution in [0.2, 0.25) is 0 Å². The number of benzene rings is 2. The van der Waals surface area contributed by atoms with E-state index in [9.17, 15) is 0 Å². The maximum Gasteiger partial charge on any atom is 0.290 e. The molecule has 0 atom stereocenters. The van der Waals surface area contributed by atoms with Crippen molar-refractivity contribution in [3.63, 3.8) is 0 Å². The fourth-order valence-electron chi connectivity index (χ4n) is 3.54. The molecule has 2 heterocycles. The highest BCUT2D eigenvalue weighted by Gasteiger charge is 2.32. The second-order valence-electron chi connectivity index (χ2n) is 7.36. The van der Waals surface area contributed by atoms with Gasteiger partial charge in [0.05, 0.1) is 28.3 Å². The van der Waals surface area contributed by atoms with Gasteiger partial charge in [-0.1, -0.05) is 12.1 Å². The highest BCUT2D eigenvalue weighted by molar-refractivity contribution is 7.16. The number of para-hydroxylation sites is 2. The largest absolute Gasteiger partial charge is 0.290 e. The molecule has 0 aliphatic carbocycles. The van der Waals surface area contributed by atoms with Crippen molar-refractivity contribution < 1.29 is 4.57 Å². The smallest absolute Gasteiger partial charge is 0.245 e. The average molecular weight is 336 g/mol. The summed E-state index contributed by atoms with van der Waals surface area (Å²) in [5, 5.41) is 0. The SMILES string of the molecule is Cc1cc2scnc2cc1-c1n(C(C)(C)C)c2ccccc2[n+]1C. The minimum absolute atomic E-state index is 0.0142. The number of aryl methyl sites for hydroxylation is 2. The minimum atomic E-state index is -0.0142. The fourth-order valence-corrected chi connectivity index (χ4v) is 4.30. The van der Waals surface area contributed by atoms with Crippen LogP contribution < -0.4 is 4.57 Å². The van der Waals surface area contributed by atoms with Gasteiger partial charge in [-0.25, -0.2) is 14.1 Å². The van der Waals surface area contributed by atoms with Gasteiger partial charge in [-0.2, -0.15) is 0 Å². The van der Waals surface area contributed by atoms with Gasteiger partial charge in [-0.3, -0.25) is 0 Å². The number of imidazole rings is 1. The van der Waals surface area contributed by atoms with Crippen LogP contribution in [0.15, 0.2) is 41.9 Å². The van der Waals surface area contributed by atoms with Crippen LogP contribution in [-0.4, -0.2) is 9.55 Å². The first kappa shape index (κ1) is 15.3. The van der Waals surface area contributed by atoms with Gasteiger partial charge in [0.25, 0.3) is 5.82 Å². The molecule has 24 heavy (non-hydrogen) atoms. The van der Waals surface area contributed by atoms with Crippen LogP contribution in [0.3, 0.4) is 0 Å². The molecule has 0 radical (unpaired) electrons. The van der Waals surface area contributed by atoms with E-state index in [0.717, 1.165) is 5.52 Å². The first-order valence-electron chi connectivity index (χ1n) is 8.22. The Balaban J connectivity index is 2.15. The van der Waals surface area contributed by atoms with Crippen molar-refractivity contribution in [2.24, 2.45) is 7.05 Å². The van der Waals surface area contributed by atoms with Crippen molar-refractivity contribution in [3.05, 3.63) is 47.5 Å². The Morgan fingerprint density at radius 1 is 1.12 bits per heavy atom. The van der Waals surface area contributed by atoms with E-state index in [2.05, 4.69) is 85.3 Å². The summed E-state index contributed by atoms with van der Waals surface area (Å²) in [6.07, 6.45) is 0. The number of hydrogen-bond acceptors (Lipinski definition) is 2. The molecule has 0 N–H and O–H groups in total. The molecule has 0 aliphatic rings. The van der Waals surface area contributed by atoms with Gasteiger partial charge in [0.15, 0.2) is 11.0 Å². The normalized spacial score (nSPS) is 12.4. The lowest BCUT2D eigenvalue weighted by molar-refractivity contribution is -0.634. The van der Waals surface area contributed by atoms with Crippen LogP contribution >= 0.6 is 11.3 Å². The van der Waals surface area contributed by atoms with Gasteiger partial charge in [0.2, 0.25) is 0 Å². The second kappa shape index (κ2) is 5.15. The summed E-state index contributed by atoms with van der Waals surface area (Å²) in [6, 6.07) is 13.1. The first-order chi connectivity index (χ1) is 11.4. The lowest BCUT2D eigenvalue weighted by atomic mass is 10.0. The molecule has 0 spiro atoms. The van der Waals surface area contributed by atoms with Crippen molar-refractivity contribution in [2.45, 2.75) is 33.2 Å². The zero-order valence-electron chi connectivity index (χ0n) is 14.8. The Hall–Kier alpha value is -2.20. The van der Waals surface area contributed by atoms with E-state index in [0.29, 0.717) is 0 Å². The van der Waals surface area contributed by atoms with Crippen molar-refractivity contribution in [1.29, 1.82) is 0 Å². The van der Waals surface area contributed by atoms with E-state index >= 15 is 0 Å². The standard InChI is InChI=1S/C20H22N3S/c1-13-10-18-15(21-12-24-18)11-14(13)19-22(5)16-8-6-7-9-17(16)23(19)20(2,3)4/h6-12H,1-5H3/q+1. The molecule has 0 amide bonds. The molecule has 0 saturated heterocycles. The van der Waals surface area contributed by atoms with Crippen LogP contribution in [0.5, 0.6) is 0 Å². The van der Waals surface area contributed by atoms with Gasteiger partial charge in [0, 0.05) is 0 Å². The maximum atomic E-state index is 4.52. The summed E-state index contributed by atoms with van der Waals surface area (Å²) in [5.74, 6) is 1.23. The molecule has 2 aromatic heterocycles. The second-order valence-corrected chi connectivity index (χ2v) is 8.25. The van der Waals surface area contributed by atoms with Crippen LogP contribution in [0.4, 0.5) is 0 Å². The summed E-state index contributed by atoms with van der Waals surface area (Å²) < 4.78 is 6.00. The molecule has 0 saturated carbocycles. The lowest BCUT2D eigenvalue weighted by Gasteiger charge is -2.19. The van der Waals surface area contributed by atoms with Crippen LogP contribution in [-0.2, 0) is 12.6 Å². The summed E-state index contributed by atoms with van der Waals surface area (Å²) in [6.45, 7) is 8.98. The van der Waals surface area contributed by atoms with E-state index in [1.165, 1.54) is 32.7 Å². The third-order valence-electron chi connectivity index (χ3n) is 4.60. The average Bonchev–Trinajstić information content (AvgIpc) is 3.08. The molecule has 0 bridgehead atoms. The van der Waals surface area contributed by atoms with Crippen molar-refractivity contribution in [3.8, 4) is 11.4 Å². The van der Waals surface area contributed by atoms with Crippen LogP contribution in [0.1, 0.15) is 26.3 Å². The molecule has 2 aromatic carbocycles. The number of nitrogens with zero attached hydrogens (tertiary/aromatic N) is 3. The van der Waals surface area contributed by atoms with Gasteiger partial charge >= 0.3 is 0 Å².